The van der Waals surface area contributed by atoms with Gasteiger partial charge in [0.15, 0.2) is 0 Å². The van der Waals surface area contributed by atoms with Crippen molar-refractivity contribution < 1.29 is 0 Å². The van der Waals surface area contributed by atoms with Crippen LogP contribution in [0, 0.1) is 12.3 Å². The molecule has 1 rings (SSSR count). The van der Waals surface area contributed by atoms with Crippen LogP contribution < -0.4 is 5.32 Å². The van der Waals surface area contributed by atoms with Crippen LogP contribution in [-0.2, 0) is 13.5 Å². The van der Waals surface area contributed by atoms with Crippen molar-refractivity contribution in [3.63, 3.8) is 0 Å². The smallest absolute Gasteiger partial charge is 0.0853 e. The first kappa shape index (κ1) is 8.66. The van der Waals surface area contributed by atoms with Gasteiger partial charge < -0.3 is 5.32 Å². The van der Waals surface area contributed by atoms with Gasteiger partial charge in [-0.25, -0.2) is 0 Å². The SMILES string of the molecule is C#CCNc1cn(C)nc1CC. The summed E-state index contributed by atoms with van der Waals surface area (Å²) in [6.45, 7) is 2.63. The third-order valence-electron chi connectivity index (χ3n) is 1.62. The molecule has 0 saturated heterocycles. The zero-order valence-corrected chi connectivity index (χ0v) is 7.46. The van der Waals surface area contributed by atoms with Gasteiger partial charge in [-0.3, -0.25) is 4.68 Å². The van der Waals surface area contributed by atoms with Crippen LogP contribution in [-0.4, -0.2) is 16.3 Å². The molecule has 0 fully saturated rings. The third kappa shape index (κ3) is 1.79. The fraction of sp³-hybridized carbons (Fsp3) is 0.444. The van der Waals surface area contributed by atoms with Crippen LogP contribution >= 0.6 is 0 Å². The number of hydrogen-bond acceptors (Lipinski definition) is 2. The Morgan fingerprint density at radius 3 is 3.08 bits per heavy atom. The van der Waals surface area contributed by atoms with Crippen LogP contribution in [0.2, 0.25) is 0 Å². The molecule has 0 unspecified atom stereocenters. The van der Waals surface area contributed by atoms with Crippen LogP contribution in [0.1, 0.15) is 12.6 Å². The highest BCUT2D eigenvalue weighted by Crippen LogP contribution is 2.12. The minimum atomic E-state index is 0.554. The topological polar surface area (TPSA) is 29.9 Å². The zero-order valence-electron chi connectivity index (χ0n) is 7.46. The second-order valence-corrected chi connectivity index (χ2v) is 2.57. The minimum absolute atomic E-state index is 0.554. The van der Waals surface area contributed by atoms with E-state index in [9.17, 15) is 0 Å². The Kier molecular flexibility index (Phi) is 2.76. The van der Waals surface area contributed by atoms with Gasteiger partial charge in [0.25, 0.3) is 0 Å². The molecule has 0 aromatic carbocycles. The quantitative estimate of drug-likeness (QED) is 0.674. The van der Waals surface area contributed by atoms with Gasteiger partial charge in [0.1, 0.15) is 0 Å². The molecule has 0 atom stereocenters. The van der Waals surface area contributed by atoms with E-state index in [0.717, 1.165) is 17.8 Å². The predicted molar refractivity (Wildman–Crippen MR) is 49.9 cm³/mol. The standard InChI is InChI=1S/C9H13N3/c1-4-6-10-9-7-12(3)11-8(9)5-2/h1,7,10H,5-6H2,2-3H3. The lowest BCUT2D eigenvalue weighted by Crippen LogP contribution is -1.99. The van der Waals surface area contributed by atoms with Gasteiger partial charge in [0, 0.05) is 13.2 Å². The second kappa shape index (κ2) is 3.82. The largest absolute Gasteiger partial charge is 0.371 e. The number of aromatic nitrogens is 2. The Morgan fingerprint density at radius 1 is 1.75 bits per heavy atom. The molecule has 0 radical (unpaired) electrons. The monoisotopic (exact) mass is 163 g/mol. The van der Waals surface area contributed by atoms with Crippen molar-refractivity contribution in [2.24, 2.45) is 7.05 Å². The predicted octanol–water partition coefficient (Wildman–Crippen LogP) is 1.03. The molecule has 1 N–H and O–H groups in total. The van der Waals surface area contributed by atoms with Crippen LogP contribution in [0.25, 0.3) is 0 Å². The van der Waals surface area contributed by atoms with E-state index in [0.29, 0.717) is 6.54 Å². The lowest BCUT2D eigenvalue weighted by molar-refractivity contribution is 0.746. The number of nitrogens with zero attached hydrogens (tertiary/aromatic N) is 2. The van der Waals surface area contributed by atoms with E-state index in [1.807, 2.05) is 13.2 Å². The third-order valence-corrected chi connectivity index (χ3v) is 1.62. The van der Waals surface area contributed by atoms with Gasteiger partial charge in [-0.15, -0.1) is 6.42 Å². The summed E-state index contributed by atoms with van der Waals surface area (Å²) in [5.74, 6) is 2.53. The van der Waals surface area contributed by atoms with E-state index in [-0.39, 0.29) is 0 Å². The van der Waals surface area contributed by atoms with Crippen molar-refractivity contribution in [2.45, 2.75) is 13.3 Å². The summed E-state index contributed by atoms with van der Waals surface area (Å²) in [7, 11) is 1.90. The van der Waals surface area contributed by atoms with E-state index in [4.69, 9.17) is 6.42 Å². The fourth-order valence-corrected chi connectivity index (χ4v) is 1.09. The molecule has 12 heavy (non-hydrogen) atoms. The fourth-order valence-electron chi connectivity index (χ4n) is 1.09. The maximum atomic E-state index is 5.13. The molecule has 1 aromatic rings. The first-order valence-electron chi connectivity index (χ1n) is 3.97. The lowest BCUT2D eigenvalue weighted by Gasteiger charge is -1.98. The number of nitrogens with one attached hydrogen (secondary N) is 1. The van der Waals surface area contributed by atoms with Crippen molar-refractivity contribution in [2.75, 3.05) is 11.9 Å². The van der Waals surface area contributed by atoms with E-state index in [1.165, 1.54) is 0 Å². The van der Waals surface area contributed by atoms with Crippen LogP contribution in [0.5, 0.6) is 0 Å². The number of rotatable bonds is 3. The highest BCUT2D eigenvalue weighted by atomic mass is 15.3. The van der Waals surface area contributed by atoms with Gasteiger partial charge in [-0.1, -0.05) is 12.8 Å². The molecule has 3 nitrogen and oxygen atoms in total. The van der Waals surface area contributed by atoms with E-state index < -0.39 is 0 Å². The minimum Gasteiger partial charge on any atom is -0.371 e. The molecule has 1 aromatic heterocycles. The van der Waals surface area contributed by atoms with Gasteiger partial charge in [-0.2, -0.15) is 5.10 Å². The maximum Gasteiger partial charge on any atom is 0.0853 e. The van der Waals surface area contributed by atoms with Crippen LogP contribution in [0.4, 0.5) is 5.69 Å². The molecular formula is C9H13N3. The number of hydrogen-bond donors (Lipinski definition) is 1. The number of anilines is 1. The molecule has 0 amide bonds. The lowest BCUT2D eigenvalue weighted by atomic mass is 10.3. The Bertz CT molecular complexity index is 293. The van der Waals surface area contributed by atoms with Crippen molar-refractivity contribution in [1.29, 1.82) is 0 Å². The first-order chi connectivity index (χ1) is 5.77. The highest BCUT2D eigenvalue weighted by Gasteiger charge is 2.02. The Balaban J connectivity index is 2.76. The van der Waals surface area contributed by atoms with Crippen molar-refractivity contribution in [3.8, 4) is 12.3 Å². The Hall–Kier alpha value is -1.43. The summed E-state index contributed by atoms with van der Waals surface area (Å²) in [6, 6.07) is 0. The first-order valence-corrected chi connectivity index (χ1v) is 3.97. The van der Waals surface area contributed by atoms with E-state index in [2.05, 4.69) is 23.3 Å². The zero-order chi connectivity index (χ0) is 8.97. The van der Waals surface area contributed by atoms with Crippen molar-refractivity contribution in [1.82, 2.24) is 9.78 Å². The van der Waals surface area contributed by atoms with Crippen molar-refractivity contribution >= 4 is 5.69 Å². The second-order valence-electron chi connectivity index (χ2n) is 2.57. The summed E-state index contributed by atoms with van der Waals surface area (Å²) >= 11 is 0. The molecule has 0 aliphatic rings. The molecule has 0 bridgehead atoms. The molecule has 0 aliphatic carbocycles. The molecule has 64 valence electrons. The summed E-state index contributed by atoms with van der Waals surface area (Å²) in [4.78, 5) is 0. The molecule has 3 heteroatoms. The van der Waals surface area contributed by atoms with Gasteiger partial charge in [0.2, 0.25) is 0 Å². The van der Waals surface area contributed by atoms with Crippen LogP contribution in [0.3, 0.4) is 0 Å². The Morgan fingerprint density at radius 2 is 2.50 bits per heavy atom. The molecule has 0 aliphatic heterocycles. The molecule has 0 spiro atoms. The normalized spacial score (nSPS) is 9.42. The maximum absolute atomic E-state index is 5.13. The van der Waals surface area contributed by atoms with E-state index in [1.54, 1.807) is 4.68 Å². The van der Waals surface area contributed by atoms with E-state index >= 15 is 0 Å². The summed E-state index contributed by atoms with van der Waals surface area (Å²) in [5, 5.41) is 7.38. The number of aryl methyl sites for hydroxylation is 2. The van der Waals surface area contributed by atoms with Crippen LogP contribution in [0.15, 0.2) is 6.20 Å². The van der Waals surface area contributed by atoms with Crippen molar-refractivity contribution in [3.05, 3.63) is 11.9 Å². The molecular weight excluding hydrogens is 150 g/mol. The summed E-state index contributed by atoms with van der Waals surface area (Å²) < 4.78 is 1.79. The number of terminal acetylenes is 1. The summed E-state index contributed by atoms with van der Waals surface area (Å²) in [6.07, 6.45) is 8.00. The molecule has 1 heterocycles. The van der Waals surface area contributed by atoms with Gasteiger partial charge in [0.05, 0.1) is 17.9 Å². The molecule has 0 saturated carbocycles. The highest BCUT2D eigenvalue weighted by molar-refractivity contribution is 5.47. The van der Waals surface area contributed by atoms with Gasteiger partial charge >= 0.3 is 0 Å². The Labute approximate surface area is 72.8 Å². The average Bonchev–Trinajstić information content (AvgIpc) is 2.42. The average molecular weight is 163 g/mol. The van der Waals surface area contributed by atoms with Gasteiger partial charge in [-0.05, 0) is 6.42 Å². The summed E-state index contributed by atoms with van der Waals surface area (Å²) in [5.41, 5.74) is 2.10.